The fraction of sp³-hybridized carbons (Fsp3) is 0.632. The minimum Gasteiger partial charge on any atom is -0.356 e. The minimum atomic E-state index is 0.218. The van der Waals surface area contributed by atoms with Crippen LogP contribution < -0.4 is 5.32 Å². The molecule has 3 heteroatoms. The number of piperidine rings is 1. The SMILES string of the molecule is CCCCCNC(=O)C1CCN(Cc2cccc(C)c2)CC1. The number of likely N-dealkylation sites (tertiary alicyclic amines) is 1. The van der Waals surface area contributed by atoms with Crippen molar-refractivity contribution in [2.45, 2.75) is 52.5 Å². The third kappa shape index (κ3) is 5.45. The number of aryl methyl sites for hydroxylation is 1. The molecule has 0 atom stereocenters. The fourth-order valence-electron chi connectivity index (χ4n) is 3.15. The maximum atomic E-state index is 12.1. The first-order valence-corrected chi connectivity index (χ1v) is 8.74. The second kappa shape index (κ2) is 8.94. The van der Waals surface area contributed by atoms with Gasteiger partial charge in [0.25, 0.3) is 0 Å². The summed E-state index contributed by atoms with van der Waals surface area (Å²) < 4.78 is 0. The number of nitrogens with one attached hydrogen (secondary N) is 1. The predicted octanol–water partition coefficient (Wildman–Crippen LogP) is 3.51. The molecule has 0 spiro atoms. The van der Waals surface area contributed by atoms with Crippen molar-refractivity contribution >= 4 is 5.91 Å². The number of carbonyl (C=O) groups is 1. The summed E-state index contributed by atoms with van der Waals surface area (Å²) in [5, 5.41) is 3.10. The standard InChI is InChI=1S/C19H30N2O/c1-3-4-5-11-20-19(22)18-9-12-21(13-10-18)15-17-8-6-7-16(2)14-17/h6-8,14,18H,3-5,9-13,15H2,1-2H3,(H,20,22). The van der Waals surface area contributed by atoms with Gasteiger partial charge in [-0.15, -0.1) is 0 Å². The number of amides is 1. The Hall–Kier alpha value is -1.35. The summed E-state index contributed by atoms with van der Waals surface area (Å²) in [6.45, 7) is 8.23. The van der Waals surface area contributed by atoms with Crippen molar-refractivity contribution in [3.8, 4) is 0 Å². The molecule has 22 heavy (non-hydrogen) atoms. The average Bonchev–Trinajstić information content (AvgIpc) is 2.52. The lowest BCUT2D eigenvalue weighted by atomic mass is 9.95. The third-order valence-corrected chi connectivity index (χ3v) is 4.53. The van der Waals surface area contributed by atoms with E-state index < -0.39 is 0 Å². The molecular weight excluding hydrogens is 272 g/mol. The number of rotatable bonds is 7. The highest BCUT2D eigenvalue weighted by molar-refractivity contribution is 5.78. The zero-order chi connectivity index (χ0) is 15.8. The molecule has 1 fully saturated rings. The van der Waals surface area contributed by atoms with E-state index in [2.05, 4.69) is 48.3 Å². The van der Waals surface area contributed by atoms with E-state index in [1.165, 1.54) is 24.0 Å². The van der Waals surface area contributed by atoms with Crippen LogP contribution in [0.1, 0.15) is 50.2 Å². The van der Waals surface area contributed by atoms with E-state index in [4.69, 9.17) is 0 Å². The van der Waals surface area contributed by atoms with E-state index in [0.29, 0.717) is 0 Å². The van der Waals surface area contributed by atoms with Crippen LogP contribution in [-0.4, -0.2) is 30.4 Å². The van der Waals surface area contributed by atoms with Crippen molar-refractivity contribution in [3.63, 3.8) is 0 Å². The van der Waals surface area contributed by atoms with Gasteiger partial charge in [-0.1, -0.05) is 49.6 Å². The van der Waals surface area contributed by atoms with Crippen LogP contribution in [0.4, 0.5) is 0 Å². The summed E-state index contributed by atoms with van der Waals surface area (Å²) in [5.41, 5.74) is 2.70. The van der Waals surface area contributed by atoms with Crippen molar-refractivity contribution in [2.75, 3.05) is 19.6 Å². The molecule has 2 rings (SSSR count). The molecule has 1 aromatic rings. The first kappa shape index (κ1) is 17.0. The lowest BCUT2D eigenvalue weighted by Crippen LogP contribution is -2.40. The predicted molar refractivity (Wildman–Crippen MR) is 91.7 cm³/mol. The smallest absolute Gasteiger partial charge is 0.223 e. The molecule has 0 bridgehead atoms. The first-order chi connectivity index (χ1) is 10.7. The van der Waals surface area contributed by atoms with E-state index in [1.54, 1.807) is 0 Å². The molecule has 1 amide bonds. The molecule has 122 valence electrons. The van der Waals surface area contributed by atoms with Crippen LogP contribution in [0.15, 0.2) is 24.3 Å². The Morgan fingerprint density at radius 3 is 2.73 bits per heavy atom. The molecule has 1 aromatic carbocycles. The molecule has 1 aliphatic heterocycles. The monoisotopic (exact) mass is 302 g/mol. The van der Waals surface area contributed by atoms with Gasteiger partial charge in [0.15, 0.2) is 0 Å². The van der Waals surface area contributed by atoms with Crippen LogP contribution in [0.5, 0.6) is 0 Å². The van der Waals surface area contributed by atoms with Crippen molar-refractivity contribution in [1.29, 1.82) is 0 Å². The molecule has 0 radical (unpaired) electrons. The fourth-order valence-corrected chi connectivity index (χ4v) is 3.15. The molecule has 3 nitrogen and oxygen atoms in total. The molecule has 1 N–H and O–H groups in total. The second-order valence-electron chi connectivity index (χ2n) is 6.54. The van der Waals surface area contributed by atoms with Gasteiger partial charge in [0.1, 0.15) is 0 Å². The van der Waals surface area contributed by atoms with Gasteiger partial charge in [0.2, 0.25) is 5.91 Å². The molecule has 0 aliphatic carbocycles. The Balaban J connectivity index is 1.70. The van der Waals surface area contributed by atoms with Gasteiger partial charge < -0.3 is 5.32 Å². The van der Waals surface area contributed by atoms with Crippen LogP contribution in [0.2, 0.25) is 0 Å². The molecule has 0 aromatic heterocycles. The van der Waals surface area contributed by atoms with Gasteiger partial charge in [0.05, 0.1) is 0 Å². The topological polar surface area (TPSA) is 32.3 Å². The number of unbranched alkanes of at least 4 members (excludes halogenated alkanes) is 2. The summed E-state index contributed by atoms with van der Waals surface area (Å²) in [6.07, 6.45) is 5.49. The van der Waals surface area contributed by atoms with Crippen LogP contribution in [-0.2, 0) is 11.3 Å². The minimum absolute atomic E-state index is 0.218. The first-order valence-electron chi connectivity index (χ1n) is 8.74. The third-order valence-electron chi connectivity index (χ3n) is 4.53. The summed E-state index contributed by atoms with van der Waals surface area (Å²) >= 11 is 0. The Kier molecular flexibility index (Phi) is 6.91. The average molecular weight is 302 g/mol. The number of hydrogen-bond donors (Lipinski definition) is 1. The largest absolute Gasteiger partial charge is 0.356 e. The van der Waals surface area contributed by atoms with Crippen LogP contribution in [0.25, 0.3) is 0 Å². The number of hydrogen-bond acceptors (Lipinski definition) is 2. The van der Waals surface area contributed by atoms with Crippen molar-refractivity contribution < 1.29 is 4.79 Å². The lowest BCUT2D eigenvalue weighted by Gasteiger charge is -2.31. The zero-order valence-electron chi connectivity index (χ0n) is 14.1. The lowest BCUT2D eigenvalue weighted by molar-refractivity contribution is -0.126. The van der Waals surface area contributed by atoms with Crippen LogP contribution in [0, 0.1) is 12.8 Å². The Labute approximate surface area is 135 Å². The van der Waals surface area contributed by atoms with E-state index >= 15 is 0 Å². The van der Waals surface area contributed by atoms with Gasteiger partial charge in [-0.25, -0.2) is 0 Å². The highest BCUT2D eigenvalue weighted by Crippen LogP contribution is 2.19. The van der Waals surface area contributed by atoms with Gasteiger partial charge in [-0.3, -0.25) is 9.69 Å². The van der Waals surface area contributed by atoms with Crippen molar-refractivity contribution in [1.82, 2.24) is 10.2 Å². The van der Waals surface area contributed by atoms with Crippen molar-refractivity contribution in [2.24, 2.45) is 5.92 Å². The number of benzene rings is 1. The molecule has 0 saturated carbocycles. The molecule has 1 aliphatic rings. The van der Waals surface area contributed by atoms with Gasteiger partial charge in [0, 0.05) is 19.0 Å². The van der Waals surface area contributed by atoms with Gasteiger partial charge in [-0.05, 0) is 44.8 Å². The molecule has 0 unspecified atom stereocenters. The second-order valence-corrected chi connectivity index (χ2v) is 6.54. The van der Waals surface area contributed by atoms with E-state index in [9.17, 15) is 4.79 Å². The molecule has 1 heterocycles. The molecule has 1 saturated heterocycles. The maximum Gasteiger partial charge on any atom is 0.223 e. The van der Waals surface area contributed by atoms with Crippen molar-refractivity contribution in [3.05, 3.63) is 35.4 Å². The maximum absolute atomic E-state index is 12.1. The zero-order valence-corrected chi connectivity index (χ0v) is 14.1. The quantitative estimate of drug-likeness (QED) is 0.782. The Morgan fingerprint density at radius 2 is 2.05 bits per heavy atom. The van der Waals surface area contributed by atoms with Gasteiger partial charge >= 0.3 is 0 Å². The number of carbonyl (C=O) groups excluding carboxylic acids is 1. The normalized spacial score (nSPS) is 16.6. The summed E-state index contributed by atoms with van der Waals surface area (Å²) in [4.78, 5) is 14.6. The summed E-state index contributed by atoms with van der Waals surface area (Å²) in [6, 6.07) is 8.71. The Bertz CT molecular complexity index is 464. The van der Waals surface area contributed by atoms with E-state index in [-0.39, 0.29) is 11.8 Å². The van der Waals surface area contributed by atoms with Gasteiger partial charge in [-0.2, -0.15) is 0 Å². The highest BCUT2D eigenvalue weighted by Gasteiger charge is 2.24. The van der Waals surface area contributed by atoms with Crippen LogP contribution >= 0.6 is 0 Å². The molecular formula is C19H30N2O. The number of nitrogens with zero attached hydrogens (tertiary/aromatic N) is 1. The van der Waals surface area contributed by atoms with E-state index in [1.807, 2.05) is 0 Å². The summed E-state index contributed by atoms with van der Waals surface area (Å²) in [5.74, 6) is 0.488. The summed E-state index contributed by atoms with van der Waals surface area (Å²) in [7, 11) is 0. The Morgan fingerprint density at radius 1 is 1.27 bits per heavy atom. The van der Waals surface area contributed by atoms with Crippen LogP contribution in [0.3, 0.4) is 0 Å². The van der Waals surface area contributed by atoms with E-state index in [0.717, 1.165) is 45.4 Å². The highest BCUT2D eigenvalue weighted by atomic mass is 16.1.